The molecule has 0 aliphatic carbocycles. The van der Waals surface area contributed by atoms with Crippen LogP contribution in [0.5, 0.6) is 0 Å². The van der Waals surface area contributed by atoms with Gasteiger partial charge in [-0.1, -0.05) is 26.0 Å². The van der Waals surface area contributed by atoms with E-state index in [1.165, 1.54) is 12.5 Å². The van der Waals surface area contributed by atoms with E-state index < -0.39 is 0 Å². The Morgan fingerprint density at radius 1 is 1.12 bits per heavy atom. The van der Waals surface area contributed by atoms with E-state index in [-0.39, 0.29) is 29.8 Å². The van der Waals surface area contributed by atoms with E-state index in [0.29, 0.717) is 0 Å². The van der Waals surface area contributed by atoms with Crippen LogP contribution in [0.15, 0.2) is 29.3 Å². The lowest BCUT2D eigenvalue weighted by Crippen LogP contribution is -2.39. The third kappa shape index (κ3) is 10.1. The second-order valence-electron chi connectivity index (χ2n) is 5.54. The normalized spacial score (nSPS) is 11.3. The summed E-state index contributed by atoms with van der Waals surface area (Å²) in [6.45, 7) is 9.45. The highest BCUT2D eigenvalue weighted by Crippen LogP contribution is 2.03. The van der Waals surface area contributed by atoms with Crippen molar-refractivity contribution in [3.8, 4) is 0 Å². The van der Waals surface area contributed by atoms with Crippen LogP contribution in [0.2, 0.25) is 0 Å². The Morgan fingerprint density at radius 3 is 2.46 bits per heavy atom. The molecular formula is C18H32FIN4. The van der Waals surface area contributed by atoms with Crippen molar-refractivity contribution < 1.29 is 4.39 Å². The largest absolute Gasteiger partial charge is 0.356 e. The van der Waals surface area contributed by atoms with Crippen LogP contribution >= 0.6 is 24.0 Å². The Balaban J connectivity index is 0.00000529. The summed E-state index contributed by atoms with van der Waals surface area (Å²) in [7, 11) is 1.77. The van der Waals surface area contributed by atoms with Gasteiger partial charge in [0, 0.05) is 20.1 Å². The molecule has 0 bridgehead atoms. The number of aliphatic imine (C=N–C) groups is 1. The summed E-state index contributed by atoms with van der Waals surface area (Å²) in [5.74, 6) is 0.627. The molecule has 138 valence electrons. The van der Waals surface area contributed by atoms with Crippen molar-refractivity contribution in [2.45, 2.75) is 33.1 Å². The molecule has 0 amide bonds. The molecule has 1 aromatic rings. The fourth-order valence-corrected chi connectivity index (χ4v) is 2.45. The van der Waals surface area contributed by atoms with Crippen LogP contribution in [0.4, 0.5) is 4.39 Å². The van der Waals surface area contributed by atoms with Gasteiger partial charge < -0.3 is 15.5 Å². The number of hydrogen-bond acceptors (Lipinski definition) is 2. The van der Waals surface area contributed by atoms with Gasteiger partial charge in [-0.25, -0.2) is 4.39 Å². The number of unbranched alkanes of at least 4 members (excludes halogenated alkanes) is 1. The highest BCUT2D eigenvalue weighted by Gasteiger charge is 2.00. The standard InChI is InChI=1S/C18H31FN4.HI/c1-4-23(5-2)14-7-6-12-21-18(20-3)22-13-11-16-9-8-10-17(19)15-16;/h8-10,15H,4-7,11-14H2,1-3H3,(H2,20,21,22);1H. The summed E-state index contributed by atoms with van der Waals surface area (Å²) < 4.78 is 13.1. The van der Waals surface area contributed by atoms with Gasteiger partial charge in [0.1, 0.15) is 5.82 Å². The Hall–Kier alpha value is -0.890. The van der Waals surface area contributed by atoms with Crippen LogP contribution in [0, 0.1) is 5.82 Å². The number of halogens is 2. The molecule has 0 fully saturated rings. The first kappa shape index (κ1) is 23.1. The molecular weight excluding hydrogens is 418 g/mol. The van der Waals surface area contributed by atoms with Crippen molar-refractivity contribution in [3.63, 3.8) is 0 Å². The highest BCUT2D eigenvalue weighted by molar-refractivity contribution is 14.0. The molecule has 0 saturated carbocycles. The summed E-state index contributed by atoms with van der Waals surface area (Å²) in [5.41, 5.74) is 0.993. The molecule has 2 N–H and O–H groups in total. The van der Waals surface area contributed by atoms with Crippen molar-refractivity contribution in [2.75, 3.05) is 39.8 Å². The lowest BCUT2D eigenvalue weighted by molar-refractivity contribution is 0.297. The Morgan fingerprint density at radius 2 is 1.83 bits per heavy atom. The average molecular weight is 450 g/mol. The third-order valence-corrected chi connectivity index (χ3v) is 3.91. The van der Waals surface area contributed by atoms with Crippen LogP contribution in [0.25, 0.3) is 0 Å². The summed E-state index contributed by atoms with van der Waals surface area (Å²) in [6.07, 6.45) is 3.09. The minimum atomic E-state index is -0.182. The molecule has 0 heterocycles. The van der Waals surface area contributed by atoms with Crippen LogP contribution in [0.1, 0.15) is 32.3 Å². The molecule has 0 saturated heterocycles. The first-order valence-electron chi connectivity index (χ1n) is 8.60. The van der Waals surface area contributed by atoms with Crippen LogP contribution in [-0.2, 0) is 6.42 Å². The van der Waals surface area contributed by atoms with Gasteiger partial charge >= 0.3 is 0 Å². The SMILES string of the molecule is CCN(CC)CCCCNC(=NC)NCCc1cccc(F)c1.I. The Bertz CT molecular complexity index is 464. The zero-order chi connectivity index (χ0) is 16.9. The number of rotatable bonds is 10. The molecule has 0 aliphatic heterocycles. The first-order chi connectivity index (χ1) is 11.2. The molecule has 24 heavy (non-hydrogen) atoms. The fourth-order valence-electron chi connectivity index (χ4n) is 2.45. The summed E-state index contributed by atoms with van der Waals surface area (Å²) >= 11 is 0. The lowest BCUT2D eigenvalue weighted by Gasteiger charge is -2.18. The predicted octanol–water partition coefficient (Wildman–Crippen LogP) is 3.27. The number of nitrogens with zero attached hydrogens (tertiary/aromatic N) is 2. The molecule has 0 atom stereocenters. The first-order valence-corrected chi connectivity index (χ1v) is 8.60. The van der Waals surface area contributed by atoms with Crippen molar-refractivity contribution in [3.05, 3.63) is 35.6 Å². The Labute approximate surface area is 163 Å². The minimum absolute atomic E-state index is 0. The summed E-state index contributed by atoms with van der Waals surface area (Å²) in [4.78, 5) is 6.65. The molecule has 4 nitrogen and oxygen atoms in total. The molecule has 1 aromatic carbocycles. The average Bonchev–Trinajstić information content (AvgIpc) is 2.56. The highest BCUT2D eigenvalue weighted by atomic mass is 127. The van der Waals surface area contributed by atoms with Gasteiger partial charge in [-0.05, 0) is 56.6 Å². The van der Waals surface area contributed by atoms with Crippen LogP contribution < -0.4 is 10.6 Å². The predicted molar refractivity (Wildman–Crippen MR) is 112 cm³/mol. The summed E-state index contributed by atoms with van der Waals surface area (Å²) in [5, 5.41) is 6.59. The van der Waals surface area contributed by atoms with Crippen molar-refractivity contribution in [1.29, 1.82) is 0 Å². The number of hydrogen-bond donors (Lipinski definition) is 2. The molecule has 0 radical (unpaired) electrons. The zero-order valence-electron chi connectivity index (χ0n) is 15.1. The van der Waals surface area contributed by atoms with Gasteiger partial charge in [-0.15, -0.1) is 24.0 Å². The molecule has 0 aliphatic rings. The maximum atomic E-state index is 13.1. The zero-order valence-corrected chi connectivity index (χ0v) is 17.5. The van der Waals surface area contributed by atoms with E-state index >= 15 is 0 Å². The molecule has 0 spiro atoms. The van der Waals surface area contributed by atoms with Crippen LogP contribution in [0.3, 0.4) is 0 Å². The van der Waals surface area contributed by atoms with Gasteiger partial charge in [0.25, 0.3) is 0 Å². The monoisotopic (exact) mass is 450 g/mol. The molecule has 6 heteroatoms. The topological polar surface area (TPSA) is 39.7 Å². The van der Waals surface area contributed by atoms with Gasteiger partial charge in [0.15, 0.2) is 5.96 Å². The van der Waals surface area contributed by atoms with Crippen LogP contribution in [-0.4, -0.2) is 50.6 Å². The minimum Gasteiger partial charge on any atom is -0.356 e. The van der Waals surface area contributed by atoms with Gasteiger partial charge in [0.2, 0.25) is 0 Å². The van der Waals surface area contributed by atoms with Crippen molar-refractivity contribution in [1.82, 2.24) is 15.5 Å². The second kappa shape index (κ2) is 14.5. The Kier molecular flexibility index (Phi) is 13.9. The van der Waals surface area contributed by atoms with E-state index in [0.717, 1.165) is 57.1 Å². The van der Waals surface area contributed by atoms with E-state index in [1.54, 1.807) is 19.2 Å². The quantitative estimate of drug-likeness (QED) is 0.249. The molecule has 1 rings (SSSR count). The van der Waals surface area contributed by atoms with E-state index in [1.807, 2.05) is 6.07 Å². The second-order valence-corrected chi connectivity index (χ2v) is 5.54. The number of benzene rings is 1. The van der Waals surface area contributed by atoms with Gasteiger partial charge in [-0.3, -0.25) is 4.99 Å². The van der Waals surface area contributed by atoms with E-state index in [9.17, 15) is 4.39 Å². The van der Waals surface area contributed by atoms with Gasteiger partial charge in [-0.2, -0.15) is 0 Å². The molecule has 0 unspecified atom stereocenters. The smallest absolute Gasteiger partial charge is 0.190 e. The molecule has 0 aromatic heterocycles. The third-order valence-electron chi connectivity index (χ3n) is 3.91. The van der Waals surface area contributed by atoms with Gasteiger partial charge in [0.05, 0.1) is 0 Å². The van der Waals surface area contributed by atoms with Crippen molar-refractivity contribution in [2.24, 2.45) is 4.99 Å². The maximum absolute atomic E-state index is 13.1. The fraction of sp³-hybridized carbons (Fsp3) is 0.611. The summed E-state index contributed by atoms with van der Waals surface area (Å²) in [6, 6.07) is 6.72. The number of guanidine groups is 1. The number of nitrogens with one attached hydrogen (secondary N) is 2. The lowest BCUT2D eigenvalue weighted by atomic mass is 10.1. The maximum Gasteiger partial charge on any atom is 0.190 e. The van der Waals surface area contributed by atoms with Crippen molar-refractivity contribution >= 4 is 29.9 Å². The van der Waals surface area contributed by atoms with E-state index in [2.05, 4.69) is 34.4 Å². The van der Waals surface area contributed by atoms with E-state index in [4.69, 9.17) is 0 Å².